The average Bonchev–Trinajstić information content (AvgIpc) is 2.96. The molecule has 1 fully saturated rings. The Balaban J connectivity index is 1.67. The minimum Gasteiger partial charge on any atom is -0.478 e. The van der Waals surface area contributed by atoms with Crippen LogP contribution in [0, 0.1) is 0 Å². The van der Waals surface area contributed by atoms with E-state index >= 15 is 0 Å². The lowest BCUT2D eigenvalue weighted by Gasteiger charge is -2.33. The molecule has 2 heterocycles. The molecule has 1 aromatic heterocycles. The number of aromatic carboxylic acids is 1. The highest BCUT2D eigenvalue weighted by molar-refractivity contribution is 5.92. The largest absolute Gasteiger partial charge is 0.478 e. The van der Waals surface area contributed by atoms with Crippen LogP contribution in [0.2, 0.25) is 0 Å². The van der Waals surface area contributed by atoms with E-state index in [1.165, 1.54) is 0 Å². The highest BCUT2D eigenvalue weighted by atomic mass is 16.6. The molecule has 1 aromatic carbocycles. The van der Waals surface area contributed by atoms with Gasteiger partial charge < -0.3 is 14.7 Å². The van der Waals surface area contributed by atoms with Crippen LogP contribution < -0.4 is 0 Å². The van der Waals surface area contributed by atoms with Crippen molar-refractivity contribution < 1.29 is 19.4 Å². The number of carbonyl (C=O) groups is 2. The number of piperidine rings is 1. The number of carboxylic acids is 1. The Labute approximate surface area is 146 Å². The normalized spacial score (nSPS) is 16.2. The fourth-order valence-corrected chi connectivity index (χ4v) is 2.99. The van der Waals surface area contributed by atoms with Gasteiger partial charge in [0, 0.05) is 24.7 Å². The van der Waals surface area contributed by atoms with Crippen molar-refractivity contribution in [3.63, 3.8) is 0 Å². The molecule has 1 aliphatic rings. The number of hydrogen-bond donors (Lipinski definition) is 1. The molecule has 1 N–H and O–H groups in total. The van der Waals surface area contributed by atoms with Crippen LogP contribution >= 0.6 is 0 Å². The van der Waals surface area contributed by atoms with Crippen LogP contribution in [0.15, 0.2) is 24.4 Å². The summed E-state index contributed by atoms with van der Waals surface area (Å²) in [6.07, 6.45) is 3.25. The van der Waals surface area contributed by atoms with Crippen molar-refractivity contribution >= 4 is 23.0 Å². The highest BCUT2D eigenvalue weighted by Gasteiger charge is 2.28. The van der Waals surface area contributed by atoms with E-state index in [9.17, 15) is 9.59 Å². The zero-order valence-electron chi connectivity index (χ0n) is 14.7. The minimum atomic E-state index is -0.956. The zero-order chi connectivity index (χ0) is 18.2. The first-order valence-electron chi connectivity index (χ1n) is 8.43. The van der Waals surface area contributed by atoms with Crippen molar-refractivity contribution in [1.29, 1.82) is 0 Å². The van der Waals surface area contributed by atoms with Gasteiger partial charge in [0.15, 0.2) is 0 Å². The maximum Gasteiger partial charge on any atom is 0.410 e. The van der Waals surface area contributed by atoms with Gasteiger partial charge in [-0.3, -0.25) is 4.68 Å². The third kappa shape index (κ3) is 3.92. The maximum absolute atomic E-state index is 12.1. The molecule has 0 radical (unpaired) electrons. The highest BCUT2D eigenvalue weighted by Crippen LogP contribution is 2.25. The molecule has 0 saturated carbocycles. The van der Waals surface area contributed by atoms with Crippen molar-refractivity contribution in [3.8, 4) is 0 Å². The molecule has 0 spiro atoms. The van der Waals surface area contributed by atoms with Crippen molar-refractivity contribution in [2.75, 3.05) is 13.1 Å². The Morgan fingerprint density at radius 1 is 1.24 bits per heavy atom. The molecule has 0 bridgehead atoms. The van der Waals surface area contributed by atoms with E-state index < -0.39 is 11.6 Å². The quantitative estimate of drug-likeness (QED) is 0.902. The molecule has 0 unspecified atom stereocenters. The number of carbonyl (C=O) groups excluding carboxylic acids is 1. The van der Waals surface area contributed by atoms with E-state index in [1.807, 2.05) is 31.6 Å². The maximum atomic E-state index is 12.1. The van der Waals surface area contributed by atoms with E-state index in [1.54, 1.807) is 23.1 Å². The van der Waals surface area contributed by atoms with Gasteiger partial charge in [-0.25, -0.2) is 9.59 Å². The number of rotatable bonds is 2. The number of aromatic nitrogens is 2. The molecule has 25 heavy (non-hydrogen) atoms. The predicted molar refractivity (Wildman–Crippen MR) is 92.8 cm³/mol. The van der Waals surface area contributed by atoms with Crippen LogP contribution in [0.25, 0.3) is 10.9 Å². The fourth-order valence-electron chi connectivity index (χ4n) is 2.99. The summed E-state index contributed by atoms with van der Waals surface area (Å²) in [5.74, 6) is -0.956. The van der Waals surface area contributed by atoms with Gasteiger partial charge in [0.2, 0.25) is 0 Å². The van der Waals surface area contributed by atoms with Crippen LogP contribution in [0.3, 0.4) is 0 Å². The average molecular weight is 345 g/mol. The molecule has 3 rings (SSSR count). The summed E-state index contributed by atoms with van der Waals surface area (Å²) in [4.78, 5) is 24.9. The minimum absolute atomic E-state index is 0.194. The van der Waals surface area contributed by atoms with Gasteiger partial charge >= 0.3 is 12.1 Å². The summed E-state index contributed by atoms with van der Waals surface area (Å²) >= 11 is 0. The SMILES string of the molecule is CC(C)(C)OC(=O)N1CCC(n2cc3ccc(C(=O)O)cc3n2)CC1. The lowest BCUT2D eigenvalue weighted by atomic mass is 10.1. The predicted octanol–water partition coefficient (Wildman–Crippen LogP) is 3.31. The van der Waals surface area contributed by atoms with E-state index in [0.29, 0.717) is 18.6 Å². The van der Waals surface area contributed by atoms with Crippen LogP contribution in [-0.2, 0) is 4.74 Å². The van der Waals surface area contributed by atoms with E-state index in [-0.39, 0.29) is 17.7 Å². The Morgan fingerprint density at radius 3 is 2.52 bits per heavy atom. The number of carboxylic acid groups (broad SMARTS) is 1. The molecule has 1 aliphatic heterocycles. The van der Waals surface area contributed by atoms with Gasteiger partial charge in [-0.05, 0) is 45.7 Å². The van der Waals surface area contributed by atoms with E-state index in [4.69, 9.17) is 9.84 Å². The van der Waals surface area contributed by atoms with Gasteiger partial charge in [-0.15, -0.1) is 0 Å². The monoisotopic (exact) mass is 345 g/mol. The smallest absolute Gasteiger partial charge is 0.410 e. The number of likely N-dealkylation sites (tertiary alicyclic amines) is 1. The Hall–Kier alpha value is -2.57. The lowest BCUT2D eigenvalue weighted by Crippen LogP contribution is -2.42. The first-order valence-corrected chi connectivity index (χ1v) is 8.43. The molecular weight excluding hydrogens is 322 g/mol. The standard InChI is InChI=1S/C18H23N3O4/c1-18(2,3)25-17(24)20-8-6-14(7-9-20)21-11-13-5-4-12(16(22)23)10-15(13)19-21/h4-5,10-11,14H,6-9H2,1-3H3,(H,22,23). The topological polar surface area (TPSA) is 84.7 Å². The summed E-state index contributed by atoms with van der Waals surface area (Å²) in [6, 6.07) is 5.14. The van der Waals surface area contributed by atoms with Crippen molar-refractivity contribution in [2.45, 2.75) is 45.3 Å². The first kappa shape index (κ1) is 17.3. The molecule has 7 heteroatoms. The van der Waals surface area contributed by atoms with Crippen LogP contribution in [-0.4, -0.2) is 50.5 Å². The Morgan fingerprint density at radius 2 is 1.92 bits per heavy atom. The van der Waals surface area contributed by atoms with E-state index in [0.717, 1.165) is 18.2 Å². The van der Waals surface area contributed by atoms with Crippen LogP contribution in [0.1, 0.15) is 50.0 Å². The number of benzene rings is 1. The summed E-state index contributed by atoms with van der Waals surface area (Å²) in [7, 11) is 0. The number of fused-ring (bicyclic) bond motifs is 1. The third-order valence-electron chi connectivity index (χ3n) is 4.26. The molecule has 0 aliphatic carbocycles. The summed E-state index contributed by atoms with van der Waals surface area (Å²) in [5, 5.41) is 14.5. The molecule has 134 valence electrons. The summed E-state index contributed by atoms with van der Waals surface area (Å²) < 4.78 is 7.30. The molecule has 1 amide bonds. The van der Waals surface area contributed by atoms with E-state index in [2.05, 4.69) is 5.10 Å². The van der Waals surface area contributed by atoms with Gasteiger partial charge in [-0.2, -0.15) is 5.10 Å². The molecule has 7 nitrogen and oxygen atoms in total. The lowest BCUT2D eigenvalue weighted by molar-refractivity contribution is 0.0185. The molecule has 2 aromatic rings. The second kappa shape index (κ2) is 6.38. The van der Waals surface area contributed by atoms with Crippen molar-refractivity contribution in [2.24, 2.45) is 0 Å². The van der Waals surface area contributed by atoms with Gasteiger partial charge in [-0.1, -0.05) is 6.07 Å². The Bertz CT molecular complexity index is 798. The fraction of sp³-hybridized carbons (Fsp3) is 0.500. The van der Waals surface area contributed by atoms with Gasteiger partial charge in [0.1, 0.15) is 5.60 Å². The molecular formula is C18H23N3O4. The Kier molecular flexibility index (Phi) is 4.41. The van der Waals surface area contributed by atoms with Crippen molar-refractivity contribution in [1.82, 2.24) is 14.7 Å². The first-order chi connectivity index (χ1) is 11.7. The van der Waals surface area contributed by atoms with Gasteiger partial charge in [0.25, 0.3) is 0 Å². The second-order valence-electron chi connectivity index (χ2n) is 7.39. The van der Waals surface area contributed by atoms with Crippen molar-refractivity contribution in [3.05, 3.63) is 30.0 Å². The van der Waals surface area contributed by atoms with Crippen LogP contribution in [0.4, 0.5) is 4.79 Å². The molecule has 0 atom stereocenters. The second-order valence-corrected chi connectivity index (χ2v) is 7.39. The summed E-state index contributed by atoms with van der Waals surface area (Å²) in [6.45, 7) is 6.82. The van der Waals surface area contributed by atoms with Gasteiger partial charge in [0.05, 0.1) is 17.1 Å². The van der Waals surface area contributed by atoms with Crippen LogP contribution in [0.5, 0.6) is 0 Å². The summed E-state index contributed by atoms with van der Waals surface area (Å²) in [5.41, 5.74) is 0.419. The number of ether oxygens (including phenoxy) is 1. The number of hydrogen-bond acceptors (Lipinski definition) is 4. The zero-order valence-corrected chi connectivity index (χ0v) is 14.7. The third-order valence-corrected chi connectivity index (χ3v) is 4.26. The number of nitrogens with zero attached hydrogens (tertiary/aromatic N) is 3. The molecule has 1 saturated heterocycles. The number of amides is 1.